The number of anilines is 1. The van der Waals surface area contributed by atoms with Crippen LogP contribution in [0.3, 0.4) is 0 Å². The number of nitrogens with one attached hydrogen (secondary N) is 1. The van der Waals surface area contributed by atoms with E-state index in [4.69, 9.17) is 0 Å². The molecule has 0 aliphatic rings. The summed E-state index contributed by atoms with van der Waals surface area (Å²) >= 11 is 0. The fraction of sp³-hybridized carbons (Fsp3) is 0.259. The van der Waals surface area contributed by atoms with E-state index in [0.717, 1.165) is 16.2 Å². The molecule has 0 saturated heterocycles. The fourth-order valence-electron chi connectivity index (χ4n) is 4.08. The standard InChI is InChI=1S/C27H27F3N4O2/c1-3-33(25(35)20-10-6-4-7-11-20)18-26(36,27(28,29)30)17-31-23-14-19(2)15-24-22(23)16-32-34(24)21-12-8-5-9-13-21/h4-16,31,36H,3,17-18H2,1-2H3. The van der Waals surface area contributed by atoms with E-state index < -0.39 is 30.8 Å². The van der Waals surface area contributed by atoms with Crippen molar-refractivity contribution in [2.75, 3.05) is 25.0 Å². The Bertz CT molecular complexity index is 1340. The first-order chi connectivity index (χ1) is 17.1. The average molecular weight is 497 g/mol. The van der Waals surface area contributed by atoms with E-state index in [-0.39, 0.29) is 12.1 Å². The SMILES string of the molecule is CCN(CC(O)(CNc1cc(C)cc2c1cnn2-c1ccccc1)C(F)(F)F)C(=O)c1ccccc1. The molecule has 6 nitrogen and oxygen atoms in total. The summed E-state index contributed by atoms with van der Waals surface area (Å²) in [6.07, 6.45) is -3.41. The van der Waals surface area contributed by atoms with Gasteiger partial charge in [-0.25, -0.2) is 4.68 Å². The zero-order chi connectivity index (χ0) is 25.9. The highest BCUT2D eigenvalue weighted by Gasteiger charge is 2.55. The van der Waals surface area contributed by atoms with Crippen LogP contribution in [0.2, 0.25) is 0 Å². The summed E-state index contributed by atoms with van der Waals surface area (Å²) in [4.78, 5) is 13.8. The Labute approximate surface area is 207 Å². The lowest BCUT2D eigenvalue weighted by atomic mass is 10.0. The van der Waals surface area contributed by atoms with Crippen LogP contribution in [0.15, 0.2) is 79.0 Å². The zero-order valence-electron chi connectivity index (χ0n) is 20.0. The van der Waals surface area contributed by atoms with Gasteiger partial charge in [-0.15, -0.1) is 0 Å². The number of alkyl halides is 3. The van der Waals surface area contributed by atoms with Gasteiger partial charge in [0.2, 0.25) is 0 Å². The molecule has 0 bridgehead atoms. The Morgan fingerprint density at radius 1 is 1.06 bits per heavy atom. The van der Waals surface area contributed by atoms with Gasteiger partial charge >= 0.3 is 6.18 Å². The molecule has 1 heterocycles. The summed E-state index contributed by atoms with van der Waals surface area (Å²) in [5.74, 6) is -0.581. The number of amides is 1. The molecule has 0 saturated carbocycles. The van der Waals surface area contributed by atoms with Crippen molar-refractivity contribution in [3.05, 3.63) is 90.1 Å². The van der Waals surface area contributed by atoms with Gasteiger partial charge < -0.3 is 15.3 Å². The number of hydrogen-bond acceptors (Lipinski definition) is 4. The predicted octanol–water partition coefficient (Wildman–Crippen LogP) is 5.20. The van der Waals surface area contributed by atoms with Crippen LogP contribution >= 0.6 is 0 Å². The monoisotopic (exact) mass is 496 g/mol. The molecule has 2 N–H and O–H groups in total. The lowest BCUT2D eigenvalue weighted by molar-refractivity contribution is -0.257. The second-order valence-corrected chi connectivity index (χ2v) is 8.71. The number of hydrogen-bond donors (Lipinski definition) is 2. The first-order valence-electron chi connectivity index (χ1n) is 11.5. The summed E-state index contributed by atoms with van der Waals surface area (Å²) in [5.41, 5.74) is -0.174. The number of aliphatic hydroxyl groups is 1. The number of aromatic nitrogens is 2. The number of carbonyl (C=O) groups is 1. The van der Waals surface area contributed by atoms with E-state index in [2.05, 4.69) is 10.4 Å². The van der Waals surface area contributed by atoms with Crippen molar-refractivity contribution in [1.82, 2.24) is 14.7 Å². The Morgan fingerprint density at radius 2 is 1.69 bits per heavy atom. The second-order valence-electron chi connectivity index (χ2n) is 8.71. The van der Waals surface area contributed by atoms with E-state index in [0.29, 0.717) is 16.6 Å². The minimum atomic E-state index is -4.98. The summed E-state index contributed by atoms with van der Waals surface area (Å²) < 4.78 is 44.1. The first-order valence-corrected chi connectivity index (χ1v) is 11.5. The van der Waals surface area contributed by atoms with Gasteiger partial charge in [0.15, 0.2) is 5.60 Å². The van der Waals surface area contributed by atoms with E-state index >= 15 is 0 Å². The van der Waals surface area contributed by atoms with Crippen molar-refractivity contribution in [2.45, 2.75) is 25.6 Å². The van der Waals surface area contributed by atoms with Gasteiger partial charge in [0.1, 0.15) is 0 Å². The zero-order valence-corrected chi connectivity index (χ0v) is 20.0. The number of rotatable bonds is 8. The normalized spacial score (nSPS) is 13.4. The molecule has 188 valence electrons. The molecule has 1 atom stereocenters. The van der Waals surface area contributed by atoms with Crippen LogP contribution in [-0.4, -0.2) is 57.1 Å². The smallest absolute Gasteiger partial charge is 0.381 e. The van der Waals surface area contributed by atoms with Crippen molar-refractivity contribution < 1.29 is 23.1 Å². The number of nitrogens with zero attached hydrogens (tertiary/aromatic N) is 3. The van der Waals surface area contributed by atoms with E-state index in [1.54, 1.807) is 42.1 Å². The highest BCUT2D eigenvalue weighted by molar-refractivity contribution is 5.94. The summed E-state index contributed by atoms with van der Waals surface area (Å²) in [6, 6.07) is 21.0. The Morgan fingerprint density at radius 3 is 2.31 bits per heavy atom. The highest BCUT2D eigenvalue weighted by atomic mass is 19.4. The molecule has 0 fully saturated rings. The molecule has 3 aromatic carbocycles. The van der Waals surface area contributed by atoms with Crippen molar-refractivity contribution in [3.8, 4) is 5.69 Å². The summed E-state index contributed by atoms with van der Waals surface area (Å²) in [6.45, 7) is 1.66. The van der Waals surface area contributed by atoms with Crippen molar-refractivity contribution in [2.24, 2.45) is 0 Å². The van der Waals surface area contributed by atoms with Crippen LogP contribution in [0.5, 0.6) is 0 Å². The number of carbonyl (C=O) groups excluding carboxylic acids is 1. The molecule has 4 aromatic rings. The number of fused-ring (bicyclic) bond motifs is 1. The van der Waals surface area contributed by atoms with Crippen molar-refractivity contribution in [1.29, 1.82) is 0 Å². The molecule has 1 aromatic heterocycles. The van der Waals surface area contributed by atoms with Crippen molar-refractivity contribution in [3.63, 3.8) is 0 Å². The number of halogens is 3. The van der Waals surface area contributed by atoms with Gasteiger partial charge in [0.25, 0.3) is 5.91 Å². The molecule has 0 radical (unpaired) electrons. The molecule has 0 aliphatic heterocycles. The number of aryl methyl sites for hydroxylation is 1. The quantitative estimate of drug-likeness (QED) is 0.352. The summed E-state index contributed by atoms with van der Waals surface area (Å²) in [7, 11) is 0. The molecule has 1 amide bonds. The Hall–Kier alpha value is -3.85. The third kappa shape index (κ3) is 5.06. The minimum absolute atomic E-state index is 0.00462. The minimum Gasteiger partial charge on any atom is -0.381 e. The molecule has 1 unspecified atom stereocenters. The first kappa shape index (κ1) is 25.2. The Kier molecular flexibility index (Phi) is 7.03. The van der Waals surface area contributed by atoms with Gasteiger partial charge in [-0.1, -0.05) is 36.4 Å². The van der Waals surface area contributed by atoms with Gasteiger partial charge in [0, 0.05) is 23.2 Å². The maximum Gasteiger partial charge on any atom is 0.420 e. The number of para-hydroxylation sites is 1. The van der Waals surface area contributed by atoms with E-state index in [9.17, 15) is 23.1 Å². The lowest BCUT2D eigenvalue weighted by Crippen LogP contribution is -2.58. The Balaban J connectivity index is 1.62. The van der Waals surface area contributed by atoms with Gasteiger partial charge in [-0.3, -0.25) is 4.79 Å². The number of benzene rings is 3. The van der Waals surface area contributed by atoms with Gasteiger partial charge in [-0.05, 0) is 55.8 Å². The summed E-state index contributed by atoms with van der Waals surface area (Å²) in [5, 5.41) is 18.6. The third-order valence-corrected chi connectivity index (χ3v) is 6.07. The molecular weight excluding hydrogens is 469 g/mol. The maximum atomic E-state index is 14.1. The third-order valence-electron chi connectivity index (χ3n) is 6.07. The van der Waals surface area contributed by atoms with Crippen LogP contribution in [0, 0.1) is 6.92 Å². The topological polar surface area (TPSA) is 70.4 Å². The molecule has 9 heteroatoms. The van der Waals surface area contributed by atoms with Crippen LogP contribution in [0.1, 0.15) is 22.8 Å². The van der Waals surface area contributed by atoms with Gasteiger partial charge in [-0.2, -0.15) is 18.3 Å². The van der Waals surface area contributed by atoms with Crippen LogP contribution in [0.4, 0.5) is 18.9 Å². The molecule has 36 heavy (non-hydrogen) atoms. The second kappa shape index (κ2) is 10.0. The largest absolute Gasteiger partial charge is 0.420 e. The highest BCUT2D eigenvalue weighted by Crippen LogP contribution is 2.34. The van der Waals surface area contributed by atoms with Crippen LogP contribution < -0.4 is 5.32 Å². The van der Waals surface area contributed by atoms with Crippen molar-refractivity contribution >= 4 is 22.5 Å². The predicted molar refractivity (Wildman–Crippen MR) is 133 cm³/mol. The van der Waals surface area contributed by atoms with Crippen LogP contribution in [0.25, 0.3) is 16.6 Å². The average Bonchev–Trinajstić information content (AvgIpc) is 3.29. The van der Waals surface area contributed by atoms with Crippen LogP contribution in [-0.2, 0) is 0 Å². The number of likely N-dealkylation sites (N-methyl/N-ethyl adjacent to an activating group) is 1. The maximum absolute atomic E-state index is 14.1. The van der Waals surface area contributed by atoms with E-state index in [1.165, 1.54) is 12.1 Å². The van der Waals surface area contributed by atoms with E-state index in [1.807, 2.05) is 43.3 Å². The van der Waals surface area contributed by atoms with Gasteiger partial charge in [0.05, 0.1) is 30.5 Å². The fourth-order valence-corrected chi connectivity index (χ4v) is 4.08. The molecule has 0 aliphatic carbocycles. The lowest BCUT2D eigenvalue weighted by Gasteiger charge is -2.35. The molecule has 0 spiro atoms. The molecular formula is C27H27F3N4O2. The molecule has 4 rings (SSSR count).